The zero-order valence-corrected chi connectivity index (χ0v) is 5.57. The van der Waals surface area contributed by atoms with Crippen LogP contribution in [0.4, 0.5) is 0 Å². The molecule has 0 aliphatic carbocycles. The van der Waals surface area contributed by atoms with Crippen LogP contribution in [0.1, 0.15) is 0 Å². The van der Waals surface area contributed by atoms with Crippen LogP contribution >= 0.6 is 0 Å². The molecule has 0 bridgehead atoms. The Balaban J connectivity index is 0.000000810. The van der Waals surface area contributed by atoms with Gasteiger partial charge in [-0.1, -0.05) is 30.3 Å². The van der Waals surface area contributed by atoms with Gasteiger partial charge in [-0.2, -0.15) is 0 Å². The largest absolute Gasteiger partial charge is 0.488 e. The first-order chi connectivity index (χ1) is 4.30. The molecule has 1 rings (SSSR count). The summed E-state index contributed by atoms with van der Waals surface area (Å²) < 4.78 is 0. The van der Waals surface area contributed by atoms with E-state index in [9.17, 15) is 0 Å². The first-order valence-corrected chi connectivity index (χ1v) is 2.72. The van der Waals surface area contributed by atoms with Crippen LogP contribution in [0, 0.1) is 0 Å². The molecule has 0 aliphatic heterocycles. The monoisotopic (exact) mass is 139 g/mol. The Morgan fingerprint density at radius 1 is 1.00 bits per heavy atom. The van der Waals surface area contributed by atoms with E-state index in [2.05, 4.69) is 0 Å². The second-order valence-electron chi connectivity index (χ2n) is 1.78. The maximum absolute atomic E-state index is 8.58. The van der Waals surface area contributed by atoms with Crippen molar-refractivity contribution < 1.29 is 10.0 Å². The molecular formula is C6H10BNO2. The maximum Gasteiger partial charge on any atom is 0.488 e. The fourth-order valence-corrected chi connectivity index (χ4v) is 0.625. The minimum absolute atomic E-state index is 0. The second-order valence-corrected chi connectivity index (χ2v) is 1.78. The molecule has 0 heterocycles. The van der Waals surface area contributed by atoms with Gasteiger partial charge in [0.25, 0.3) is 0 Å². The van der Waals surface area contributed by atoms with E-state index in [1.807, 2.05) is 6.07 Å². The quantitative estimate of drug-likeness (QED) is 0.460. The highest BCUT2D eigenvalue weighted by atomic mass is 16.4. The van der Waals surface area contributed by atoms with Crippen molar-refractivity contribution in [2.24, 2.45) is 0 Å². The van der Waals surface area contributed by atoms with Crippen LogP contribution in [-0.4, -0.2) is 17.2 Å². The molecule has 3 nitrogen and oxygen atoms in total. The van der Waals surface area contributed by atoms with E-state index in [4.69, 9.17) is 10.0 Å². The number of hydrogen-bond acceptors (Lipinski definition) is 3. The lowest BCUT2D eigenvalue weighted by molar-refractivity contribution is 0.426. The summed E-state index contributed by atoms with van der Waals surface area (Å²) in [7, 11) is -1.34. The van der Waals surface area contributed by atoms with Gasteiger partial charge >= 0.3 is 7.12 Å². The lowest BCUT2D eigenvalue weighted by atomic mass is 9.81. The third kappa shape index (κ3) is 2.18. The highest BCUT2D eigenvalue weighted by Crippen LogP contribution is 1.82. The van der Waals surface area contributed by atoms with Crippen molar-refractivity contribution in [1.82, 2.24) is 6.15 Å². The van der Waals surface area contributed by atoms with E-state index >= 15 is 0 Å². The van der Waals surface area contributed by atoms with Crippen LogP contribution in [-0.2, 0) is 0 Å². The summed E-state index contributed by atoms with van der Waals surface area (Å²) in [6.07, 6.45) is 0. The minimum atomic E-state index is -1.34. The van der Waals surface area contributed by atoms with Gasteiger partial charge < -0.3 is 16.2 Å². The molecule has 0 aliphatic rings. The molecule has 0 spiro atoms. The summed E-state index contributed by atoms with van der Waals surface area (Å²) in [6, 6.07) is 8.66. The summed E-state index contributed by atoms with van der Waals surface area (Å²) in [6.45, 7) is 0. The van der Waals surface area contributed by atoms with Crippen LogP contribution in [0.2, 0.25) is 0 Å². The summed E-state index contributed by atoms with van der Waals surface area (Å²) >= 11 is 0. The van der Waals surface area contributed by atoms with Crippen LogP contribution in [0.3, 0.4) is 0 Å². The van der Waals surface area contributed by atoms with Crippen LogP contribution < -0.4 is 11.6 Å². The van der Waals surface area contributed by atoms with E-state index in [1.54, 1.807) is 24.3 Å². The van der Waals surface area contributed by atoms with Crippen molar-refractivity contribution in [3.8, 4) is 0 Å². The Bertz CT molecular complexity index is 178. The Kier molecular flexibility index (Phi) is 3.72. The topological polar surface area (TPSA) is 75.5 Å². The Morgan fingerprint density at radius 3 is 1.80 bits per heavy atom. The molecule has 0 saturated carbocycles. The van der Waals surface area contributed by atoms with Gasteiger partial charge in [-0.05, 0) is 5.46 Å². The number of hydrogen-bond donors (Lipinski definition) is 3. The second kappa shape index (κ2) is 4.06. The van der Waals surface area contributed by atoms with Gasteiger partial charge in [0.05, 0.1) is 0 Å². The van der Waals surface area contributed by atoms with Gasteiger partial charge in [0, 0.05) is 0 Å². The Hall–Kier alpha value is -0.835. The van der Waals surface area contributed by atoms with Gasteiger partial charge in [0.2, 0.25) is 0 Å². The van der Waals surface area contributed by atoms with Crippen LogP contribution in [0.15, 0.2) is 30.3 Å². The molecule has 0 aromatic heterocycles. The fourth-order valence-electron chi connectivity index (χ4n) is 0.625. The van der Waals surface area contributed by atoms with Gasteiger partial charge in [0.15, 0.2) is 0 Å². The minimum Gasteiger partial charge on any atom is -0.423 e. The average molecular weight is 139 g/mol. The number of rotatable bonds is 1. The smallest absolute Gasteiger partial charge is 0.423 e. The van der Waals surface area contributed by atoms with Gasteiger partial charge in [-0.3, -0.25) is 0 Å². The van der Waals surface area contributed by atoms with Gasteiger partial charge in [-0.15, -0.1) is 0 Å². The first kappa shape index (κ1) is 9.16. The normalized spacial score (nSPS) is 8.20. The highest BCUT2D eigenvalue weighted by molar-refractivity contribution is 6.58. The SMILES string of the molecule is N.OB(O)c1ccccc1. The predicted molar refractivity (Wildman–Crippen MR) is 41.3 cm³/mol. The number of benzene rings is 1. The van der Waals surface area contributed by atoms with E-state index in [-0.39, 0.29) is 6.15 Å². The van der Waals surface area contributed by atoms with Crippen molar-refractivity contribution in [2.45, 2.75) is 0 Å². The molecule has 0 fully saturated rings. The maximum atomic E-state index is 8.58. The standard InChI is InChI=1S/C6H7BO2.H3N/c8-7(9)6-4-2-1-3-5-6;/h1-5,8-9H;1H3. The third-order valence-electron chi connectivity index (χ3n) is 1.10. The van der Waals surface area contributed by atoms with Crippen molar-refractivity contribution in [3.63, 3.8) is 0 Å². The molecule has 0 amide bonds. The van der Waals surface area contributed by atoms with E-state index in [0.29, 0.717) is 5.46 Å². The van der Waals surface area contributed by atoms with Crippen LogP contribution in [0.5, 0.6) is 0 Å². The molecule has 1 aromatic carbocycles. The highest BCUT2D eigenvalue weighted by Gasteiger charge is 2.07. The van der Waals surface area contributed by atoms with Crippen molar-refractivity contribution in [3.05, 3.63) is 30.3 Å². The average Bonchev–Trinajstić information content (AvgIpc) is 1.90. The summed E-state index contributed by atoms with van der Waals surface area (Å²) in [5.41, 5.74) is 0.525. The lowest BCUT2D eigenvalue weighted by Gasteiger charge is -1.94. The molecule has 5 N–H and O–H groups in total. The Labute approximate surface area is 60.0 Å². The molecular weight excluding hydrogens is 129 g/mol. The molecule has 0 atom stereocenters. The first-order valence-electron chi connectivity index (χ1n) is 2.72. The summed E-state index contributed by atoms with van der Waals surface area (Å²) in [5, 5.41) is 17.2. The predicted octanol–water partition coefficient (Wildman–Crippen LogP) is -0.472. The molecule has 54 valence electrons. The fraction of sp³-hybridized carbons (Fsp3) is 0. The molecule has 4 heteroatoms. The van der Waals surface area contributed by atoms with Crippen molar-refractivity contribution in [1.29, 1.82) is 0 Å². The lowest BCUT2D eigenvalue weighted by Crippen LogP contribution is -2.29. The van der Waals surface area contributed by atoms with E-state index < -0.39 is 7.12 Å². The zero-order valence-electron chi connectivity index (χ0n) is 5.57. The molecule has 0 unspecified atom stereocenters. The Morgan fingerprint density at radius 2 is 1.50 bits per heavy atom. The zero-order chi connectivity index (χ0) is 6.69. The third-order valence-corrected chi connectivity index (χ3v) is 1.10. The molecule has 0 radical (unpaired) electrons. The van der Waals surface area contributed by atoms with E-state index in [1.165, 1.54) is 0 Å². The van der Waals surface area contributed by atoms with Crippen molar-refractivity contribution >= 4 is 12.6 Å². The van der Waals surface area contributed by atoms with Gasteiger partial charge in [-0.25, -0.2) is 0 Å². The van der Waals surface area contributed by atoms with E-state index in [0.717, 1.165) is 0 Å². The molecule has 0 saturated heterocycles. The van der Waals surface area contributed by atoms with Crippen molar-refractivity contribution in [2.75, 3.05) is 0 Å². The van der Waals surface area contributed by atoms with Crippen LogP contribution in [0.25, 0.3) is 0 Å². The molecule has 1 aromatic rings. The summed E-state index contributed by atoms with van der Waals surface area (Å²) in [4.78, 5) is 0. The summed E-state index contributed by atoms with van der Waals surface area (Å²) in [5.74, 6) is 0. The molecule has 10 heavy (non-hydrogen) atoms. The van der Waals surface area contributed by atoms with Gasteiger partial charge in [0.1, 0.15) is 0 Å².